The predicted molar refractivity (Wildman–Crippen MR) is 136 cm³/mol. The molecular weight excluding hydrogens is 442 g/mol. The van der Waals surface area contributed by atoms with Gasteiger partial charge in [0.15, 0.2) is 5.43 Å². The molecule has 0 atom stereocenters. The van der Waals surface area contributed by atoms with E-state index in [4.69, 9.17) is 9.47 Å². The van der Waals surface area contributed by atoms with Gasteiger partial charge in [-0.25, -0.2) is 4.99 Å². The molecule has 0 amide bonds. The molecule has 1 aliphatic rings. The molecule has 176 valence electrons. The van der Waals surface area contributed by atoms with Crippen LogP contribution in [0.2, 0.25) is 0 Å². The number of aryl methyl sites for hydroxylation is 1. The average Bonchev–Trinajstić information content (AvgIpc) is 3.15. The number of methoxy groups -OCH3 is 2. The van der Waals surface area contributed by atoms with Crippen molar-refractivity contribution in [3.63, 3.8) is 0 Å². The third-order valence-electron chi connectivity index (χ3n) is 6.04. The molecule has 0 aliphatic carbocycles. The molecule has 1 aliphatic heterocycles. The van der Waals surface area contributed by atoms with Gasteiger partial charge in [0.05, 0.1) is 25.9 Å². The lowest BCUT2D eigenvalue weighted by molar-refractivity contribution is 0.390. The first-order valence-electron chi connectivity index (χ1n) is 11.2. The van der Waals surface area contributed by atoms with Crippen LogP contribution in [0.4, 0.5) is 0 Å². The zero-order chi connectivity index (χ0) is 24.4. The van der Waals surface area contributed by atoms with E-state index in [2.05, 4.69) is 20.4 Å². The third-order valence-corrected chi connectivity index (χ3v) is 6.04. The fraction of sp³-hybridized carbons (Fsp3) is 0.185. The van der Waals surface area contributed by atoms with E-state index in [-0.39, 0.29) is 5.43 Å². The minimum absolute atomic E-state index is 0.0426. The number of allylic oxidation sites excluding steroid dienone is 1. The van der Waals surface area contributed by atoms with Gasteiger partial charge in [-0.2, -0.15) is 5.10 Å². The number of aliphatic imine (C=N–C) groups is 1. The van der Waals surface area contributed by atoms with Crippen molar-refractivity contribution in [2.45, 2.75) is 13.0 Å². The molecule has 0 radical (unpaired) electrons. The van der Waals surface area contributed by atoms with E-state index >= 15 is 0 Å². The van der Waals surface area contributed by atoms with E-state index in [9.17, 15) is 4.79 Å². The van der Waals surface area contributed by atoms with E-state index in [0.717, 1.165) is 33.8 Å². The molecule has 0 unspecified atom stereocenters. The molecule has 0 bridgehead atoms. The van der Waals surface area contributed by atoms with E-state index in [1.807, 2.05) is 55.7 Å². The maximum atomic E-state index is 13.5. The van der Waals surface area contributed by atoms with E-state index in [0.29, 0.717) is 35.3 Å². The zero-order valence-corrected chi connectivity index (χ0v) is 19.8. The van der Waals surface area contributed by atoms with Crippen molar-refractivity contribution in [3.05, 3.63) is 93.8 Å². The summed E-state index contributed by atoms with van der Waals surface area (Å²) in [6, 6.07) is 11.4. The maximum Gasteiger partial charge on any atom is 0.192 e. The smallest absolute Gasteiger partial charge is 0.192 e. The number of fused-ring (bicyclic) bond motifs is 2. The highest BCUT2D eigenvalue weighted by Gasteiger charge is 2.13. The van der Waals surface area contributed by atoms with Gasteiger partial charge in [-0.3, -0.25) is 14.5 Å². The van der Waals surface area contributed by atoms with Crippen LogP contribution in [0.15, 0.2) is 76.7 Å². The molecule has 0 fully saturated rings. The molecule has 4 aromatic rings. The fourth-order valence-electron chi connectivity index (χ4n) is 4.10. The molecule has 5 rings (SSSR count). The average molecular weight is 468 g/mol. The number of hydrogen-bond acceptors (Lipinski definition) is 7. The Kier molecular flexibility index (Phi) is 6.01. The number of hydrogen-bond donors (Lipinski definition) is 1. The molecule has 8 heteroatoms. The van der Waals surface area contributed by atoms with Gasteiger partial charge in [0, 0.05) is 71.5 Å². The molecule has 0 saturated heterocycles. The van der Waals surface area contributed by atoms with Gasteiger partial charge >= 0.3 is 0 Å². The fourth-order valence-corrected chi connectivity index (χ4v) is 4.10. The van der Waals surface area contributed by atoms with Crippen molar-refractivity contribution in [3.8, 4) is 22.6 Å². The summed E-state index contributed by atoms with van der Waals surface area (Å²) in [6.45, 7) is 0.520. The van der Waals surface area contributed by atoms with Crippen molar-refractivity contribution >= 4 is 17.1 Å². The van der Waals surface area contributed by atoms with Crippen LogP contribution < -0.4 is 20.2 Å². The van der Waals surface area contributed by atoms with Crippen LogP contribution >= 0.6 is 0 Å². The van der Waals surface area contributed by atoms with Crippen LogP contribution in [0, 0.1) is 0 Å². The Morgan fingerprint density at radius 1 is 1.06 bits per heavy atom. The van der Waals surface area contributed by atoms with Gasteiger partial charge in [-0.1, -0.05) is 6.07 Å². The van der Waals surface area contributed by atoms with Gasteiger partial charge in [0.1, 0.15) is 17.3 Å². The quantitative estimate of drug-likeness (QED) is 0.466. The molecular formula is C27H25N5O3. The summed E-state index contributed by atoms with van der Waals surface area (Å²) in [5.74, 6) is 2.16. The molecule has 3 heterocycles. The topological polar surface area (TPSA) is 90.6 Å². The molecule has 2 aromatic heterocycles. The second kappa shape index (κ2) is 9.42. The SMILES string of the molecule is COc1ccc(CNC2=CCc3c(ccc4ncc(-c5cnn(C)c5)cc4c3=O)C=N2)c(OC)c1. The van der Waals surface area contributed by atoms with Crippen LogP contribution in [-0.2, 0) is 20.0 Å². The second-order valence-electron chi connectivity index (χ2n) is 8.24. The van der Waals surface area contributed by atoms with Crippen LogP contribution in [0.25, 0.3) is 22.0 Å². The summed E-state index contributed by atoms with van der Waals surface area (Å²) in [7, 11) is 5.12. The van der Waals surface area contributed by atoms with Gasteiger partial charge in [-0.05, 0) is 36.8 Å². The summed E-state index contributed by atoms with van der Waals surface area (Å²) in [6.07, 6.45) is 9.56. The lowest BCUT2D eigenvalue weighted by atomic mass is 10.1. The van der Waals surface area contributed by atoms with Gasteiger partial charge in [-0.15, -0.1) is 0 Å². The Bertz CT molecular complexity index is 1540. The van der Waals surface area contributed by atoms with Crippen molar-refractivity contribution in [1.29, 1.82) is 0 Å². The van der Waals surface area contributed by atoms with E-state index in [1.54, 1.807) is 37.5 Å². The summed E-state index contributed by atoms with van der Waals surface area (Å²) in [4.78, 5) is 22.7. The van der Waals surface area contributed by atoms with Crippen molar-refractivity contribution in [2.75, 3.05) is 14.2 Å². The number of aromatic nitrogens is 3. The molecule has 1 N–H and O–H groups in total. The van der Waals surface area contributed by atoms with Gasteiger partial charge < -0.3 is 14.8 Å². The summed E-state index contributed by atoms with van der Waals surface area (Å²) in [5, 5.41) is 8.14. The lowest BCUT2D eigenvalue weighted by Crippen LogP contribution is -2.12. The highest BCUT2D eigenvalue weighted by atomic mass is 16.5. The van der Waals surface area contributed by atoms with E-state index in [1.165, 1.54) is 0 Å². The Labute approximate surface area is 202 Å². The highest BCUT2D eigenvalue weighted by Crippen LogP contribution is 2.25. The number of nitrogens with zero attached hydrogens (tertiary/aromatic N) is 4. The predicted octanol–water partition coefficient (Wildman–Crippen LogP) is 3.62. The first-order chi connectivity index (χ1) is 17.1. The Hall–Kier alpha value is -4.46. The standard InChI is InChI=1S/C27H25N5O3/c1-32-16-20(15-31-32)19-10-23-24(28-14-19)8-5-17-12-29-26(9-7-22(17)27(23)33)30-13-18-4-6-21(34-2)11-25(18)35-3/h4-6,8-12,14-16,30H,7,13H2,1-3H3. The Balaban J connectivity index is 1.44. The Morgan fingerprint density at radius 3 is 2.71 bits per heavy atom. The minimum atomic E-state index is -0.0426. The van der Waals surface area contributed by atoms with Crippen LogP contribution in [0.1, 0.15) is 16.7 Å². The van der Waals surface area contributed by atoms with Crippen molar-refractivity contribution < 1.29 is 9.47 Å². The maximum absolute atomic E-state index is 13.5. The third kappa shape index (κ3) is 4.50. The zero-order valence-electron chi connectivity index (χ0n) is 19.8. The molecule has 35 heavy (non-hydrogen) atoms. The summed E-state index contributed by atoms with van der Waals surface area (Å²) >= 11 is 0. The van der Waals surface area contributed by atoms with Crippen molar-refractivity contribution in [1.82, 2.24) is 20.1 Å². The number of rotatable bonds is 6. The molecule has 2 aromatic carbocycles. The first kappa shape index (κ1) is 22.3. The monoisotopic (exact) mass is 467 g/mol. The summed E-state index contributed by atoms with van der Waals surface area (Å²) < 4.78 is 12.5. The van der Waals surface area contributed by atoms with Crippen LogP contribution in [0.3, 0.4) is 0 Å². The highest BCUT2D eigenvalue weighted by molar-refractivity contribution is 5.89. The molecule has 8 nitrogen and oxygen atoms in total. The molecule has 0 spiro atoms. The largest absolute Gasteiger partial charge is 0.497 e. The molecule has 0 saturated carbocycles. The second-order valence-corrected chi connectivity index (χ2v) is 8.24. The number of benzene rings is 1. The normalized spacial score (nSPS) is 12.6. The van der Waals surface area contributed by atoms with Gasteiger partial charge in [0.2, 0.25) is 0 Å². The van der Waals surface area contributed by atoms with Crippen molar-refractivity contribution in [2.24, 2.45) is 12.0 Å². The van der Waals surface area contributed by atoms with E-state index < -0.39 is 0 Å². The van der Waals surface area contributed by atoms with Crippen LogP contribution in [0.5, 0.6) is 11.5 Å². The Morgan fingerprint density at radius 2 is 1.94 bits per heavy atom. The number of ether oxygens (including phenoxy) is 2. The summed E-state index contributed by atoms with van der Waals surface area (Å²) in [5.41, 5.74) is 4.83. The minimum Gasteiger partial charge on any atom is -0.497 e. The number of nitrogens with one attached hydrogen (secondary N) is 1. The first-order valence-corrected chi connectivity index (χ1v) is 11.2. The van der Waals surface area contributed by atoms with Gasteiger partial charge in [0.25, 0.3) is 0 Å². The van der Waals surface area contributed by atoms with Crippen LogP contribution in [-0.4, -0.2) is 35.2 Å². The number of pyridine rings is 1. The lowest BCUT2D eigenvalue weighted by Gasteiger charge is -2.12.